The number of benzene rings is 2. The maximum Gasteiger partial charge on any atom is 0.328 e. The standard InChI is InChI=1S/C26H31N3O6S/c1-17(30)29(36(6,33)34)20-11-8-18(9-12-20)7-10-19-15-21(28-14-13-23(31)27-25(28)32)16-22(24(19)35-5)26(2,3)4/h7-12,15-16H,13-14H2,1-6H3,(H,27,31,32)/b10-7+. The summed E-state index contributed by atoms with van der Waals surface area (Å²) in [6.07, 6.45) is 4.87. The van der Waals surface area contributed by atoms with E-state index in [0.717, 1.165) is 27.3 Å². The summed E-state index contributed by atoms with van der Waals surface area (Å²) in [6, 6.07) is 9.80. The lowest BCUT2D eigenvalue weighted by Gasteiger charge is -2.30. The topological polar surface area (TPSA) is 113 Å². The van der Waals surface area contributed by atoms with Gasteiger partial charge in [-0.25, -0.2) is 17.5 Å². The first-order valence-electron chi connectivity index (χ1n) is 11.3. The van der Waals surface area contributed by atoms with E-state index in [0.29, 0.717) is 11.4 Å². The second-order valence-electron chi connectivity index (χ2n) is 9.59. The Labute approximate surface area is 211 Å². The van der Waals surface area contributed by atoms with Gasteiger partial charge in [0.2, 0.25) is 21.8 Å². The third-order valence-corrected chi connectivity index (χ3v) is 6.81. The summed E-state index contributed by atoms with van der Waals surface area (Å²) < 4.78 is 30.5. The first-order chi connectivity index (χ1) is 16.7. The Morgan fingerprint density at radius 2 is 1.75 bits per heavy atom. The van der Waals surface area contributed by atoms with E-state index in [4.69, 9.17) is 4.74 Å². The summed E-state index contributed by atoms with van der Waals surface area (Å²) in [5.41, 5.74) is 2.99. The first-order valence-corrected chi connectivity index (χ1v) is 13.2. The minimum Gasteiger partial charge on any atom is -0.496 e. The number of amides is 4. The highest BCUT2D eigenvalue weighted by molar-refractivity contribution is 7.92. The lowest BCUT2D eigenvalue weighted by atomic mass is 9.84. The molecule has 0 aromatic heterocycles. The van der Waals surface area contributed by atoms with Crippen LogP contribution in [0.25, 0.3) is 12.2 Å². The zero-order valence-electron chi connectivity index (χ0n) is 21.3. The fourth-order valence-corrected chi connectivity index (χ4v) is 5.00. The predicted octanol–water partition coefficient (Wildman–Crippen LogP) is 3.92. The molecule has 10 heteroatoms. The number of hydrogen-bond acceptors (Lipinski definition) is 6. The molecule has 0 unspecified atom stereocenters. The number of ether oxygens (including phenoxy) is 1. The maximum absolute atomic E-state index is 12.5. The van der Waals surface area contributed by atoms with Crippen molar-refractivity contribution < 1.29 is 27.5 Å². The number of methoxy groups -OCH3 is 1. The van der Waals surface area contributed by atoms with Gasteiger partial charge in [-0.2, -0.15) is 0 Å². The van der Waals surface area contributed by atoms with Crippen LogP contribution in [0.15, 0.2) is 36.4 Å². The van der Waals surface area contributed by atoms with Gasteiger partial charge < -0.3 is 4.74 Å². The molecule has 0 bridgehead atoms. The molecule has 1 aliphatic heterocycles. The van der Waals surface area contributed by atoms with E-state index in [1.54, 1.807) is 31.4 Å². The average molecular weight is 514 g/mol. The molecular weight excluding hydrogens is 482 g/mol. The molecule has 0 radical (unpaired) electrons. The van der Waals surface area contributed by atoms with Crippen LogP contribution in [0.1, 0.15) is 50.8 Å². The van der Waals surface area contributed by atoms with Crippen LogP contribution < -0.4 is 19.3 Å². The number of carbonyl (C=O) groups is 3. The van der Waals surface area contributed by atoms with Crippen molar-refractivity contribution in [2.45, 2.75) is 39.5 Å². The quantitative estimate of drug-likeness (QED) is 0.586. The second-order valence-corrected chi connectivity index (χ2v) is 11.4. The van der Waals surface area contributed by atoms with E-state index >= 15 is 0 Å². The summed E-state index contributed by atoms with van der Waals surface area (Å²) in [4.78, 5) is 37.5. The summed E-state index contributed by atoms with van der Waals surface area (Å²) in [5, 5.41) is 2.35. The maximum atomic E-state index is 12.5. The molecule has 1 heterocycles. The number of nitrogens with zero attached hydrogens (tertiary/aromatic N) is 2. The van der Waals surface area contributed by atoms with Crippen LogP contribution in [-0.4, -0.2) is 46.2 Å². The summed E-state index contributed by atoms with van der Waals surface area (Å²) >= 11 is 0. The molecule has 3 rings (SSSR count). The van der Waals surface area contributed by atoms with Gasteiger partial charge in [0.15, 0.2) is 0 Å². The van der Waals surface area contributed by atoms with Crippen molar-refractivity contribution >= 4 is 51.4 Å². The van der Waals surface area contributed by atoms with Crippen LogP contribution in [-0.2, 0) is 25.0 Å². The van der Waals surface area contributed by atoms with E-state index in [1.165, 1.54) is 11.8 Å². The van der Waals surface area contributed by atoms with Crippen LogP contribution in [0.5, 0.6) is 5.75 Å². The number of imide groups is 1. The molecule has 36 heavy (non-hydrogen) atoms. The van der Waals surface area contributed by atoms with Crippen LogP contribution >= 0.6 is 0 Å². The predicted molar refractivity (Wildman–Crippen MR) is 141 cm³/mol. The molecule has 9 nitrogen and oxygen atoms in total. The van der Waals surface area contributed by atoms with Gasteiger partial charge in [-0.05, 0) is 35.2 Å². The SMILES string of the molecule is COc1c(/C=C/c2ccc(N(C(C)=O)S(C)(=O)=O)cc2)cc(N2CCC(=O)NC2=O)cc1C(C)(C)C. The summed E-state index contributed by atoms with van der Waals surface area (Å²) in [5.74, 6) is -0.239. The van der Waals surface area contributed by atoms with Crippen molar-refractivity contribution in [3.8, 4) is 5.75 Å². The van der Waals surface area contributed by atoms with Crippen molar-refractivity contribution in [1.29, 1.82) is 0 Å². The van der Waals surface area contributed by atoms with Gasteiger partial charge in [0, 0.05) is 36.7 Å². The fourth-order valence-electron chi connectivity index (χ4n) is 4.02. The Kier molecular flexibility index (Phi) is 7.59. The van der Waals surface area contributed by atoms with E-state index in [2.05, 4.69) is 5.32 Å². The molecule has 0 aliphatic carbocycles. The molecule has 1 saturated heterocycles. The molecule has 192 valence electrons. The Bertz CT molecular complexity index is 1320. The number of anilines is 2. The van der Waals surface area contributed by atoms with Gasteiger partial charge in [-0.1, -0.05) is 45.1 Å². The van der Waals surface area contributed by atoms with Gasteiger partial charge >= 0.3 is 6.03 Å². The molecule has 1 N–H and O–H groups in total. The van der Waals surface area contributed by atoms with Crippen molar-refractivity contribution in [1.82, 2.24) is 5.32 Å². The van der Waals surface area contributed by atoms with Crippen molar-refractivity contribution in [3.05, 3.63) is 53.1 Å². The monoisotopic (exact) mass is 513 g/mol. The highest BCUT2D eigenvalue weighted by atomic mass is 32.2. The third-order valence-electron chi connectivity index (χ3n) is 5.68. The molecule has 2 aromatic rings. The van der Waals surface area contributed by atoms with E-state index in [1.807, 2.05) is 45.1 Å². The fraction of sp³-hybridized carbons (Fsp3) is 0.346. The molecule has 1 aliphatic rings. The zero-order chi connectivity index (χ0) is 26.8. The van der Waals surface area contributed by atoms with E-state index < -0.39 is 22.0 Å². The van der Waals surface area contributed by atoms with Crippen molar-refractivity contribution in [2.75, 3.05) is 29.1 Å². The number of sulfonamides is 1. The van der Waals surface area contributed by atoms with Crippen molar-refractivity contribution in [3.63, 3.8) is 0 Å². The molecule has 2 aromatic carbocycles. The largest absolute Gasteiger partial charge is 0.496 e. The average Bonchev–Trinajstić information content (AvgIpc) is 2.76. The number of rotatable bonds is 6. The minimum atomic E-state index is -3.75. The molecule has 1 fully saturated rings. The highest BCUT2D eigenvalue weighted by Crippen LogP contribution is 2.39. The zero-order valence-corrected chi connectivity index (χ0v) is 22.1. The van der Waals surface area contributed by atoms with Crippen LogP contribution in [0, 0.1) is 0 Å². The van der Waals surface area contributed by atoms with Gasteiger partial charge in [0.1, 0.15) is 5.75 Å². The summed E-state index contributed by atoms with van der Waals surface area (Å²) in [6.45, 7) is 7.60. The third kappa shape index (κ3) is 5.93. The Hall–Kier alpha value is -3.66. The number of hydrogen-bond donors (Lipinski definition) is 1. The number of nitrogens with one attached hydrogen (secondary N) is 1. The summed E-state index contributed by atoms with van der Waals surface area (Å²) in [7, 11) is -2.16. The minimum absolute atomic E-state index is 0.213. The number of urea groups is 1. The lowest BCUT2D eigenvalue weighted by Crippen LogP contribution is -2.49. The Balaban J connectivity index is 2.03. The first kappa shape index (κ1) is 26.9. The second kappa shape index (κ2) is 10.1. The van der Waals surface area contributed by atoms with Crippen molar-refractivity contribution in [2.24, 2.45) is 0 Å². The molecule has 0 saturated carbocycles. The lowest BCUT2D eigenvalue weighted by molar-refractivity contribution is -0.120. The normalized spacial score (nSPS) is 14.7. The van der Waals surface area contributed by atoms with Gasteiger partial charge in [-0.15, -0.1) is 0 Å². The van der Waals surface area contributed by atoms with Gasteiger partial charge in [0.25, 0.3) is 0 Å². The van der Waals surface area contributed by atoms with Crippen LogP contribution in [0.3, 0.4) is 0 Å². The Morgan fingerprint density at radius 1 is 1.11 bits per heavy atom. The van der Waals surface area contributed by atoms with Gasteiger partial charge in [-0.3, -0.25) is 19.8 Å². The van der Waals surface area contributed by atoms with E-state index in [-0.39, 0.29) is 30.0 Å². The van der Waals surface area contributed by atoms with Crippen LogP contribution in [0.2, 0.25) is 0 Å². The highest BCUT2D eigenvalue weighted by Gasteiger charge is 2.28. The van der Waals surface area contributed by atoms with E-state index in [9.17, 15) is 22.8 Å². The molecule has 0 spiro atoms. The molecule has 4 amide bonds. The molecular formula is C26H31N3O6S. The Morgan fingerprint density at radius 3 is 2.25 bits per heavy atom. The molecule has 0 atom stereocenters. The van der Waals surface area contributed by atoms with Crippen LogP contribution in [0.4, 0.5) is 16.2 Å². The van der Waals surface area contributed by atoms with Gasteiger partial charge in [0.05, 0.1) is 19.1 Å². The number of carbonyl (C=O) groups excluding carboxylic acids is 3. The smallest absolute Gasteiger partial charge is 0.328 e.